The lowest BCUT2D eigenvalue weighted by Gasteiger charge is -2.15. The quantitative estimate of drug-likeness (QED) is 0.755. The van der Waals surface area contributed by atoms with E-state index in [1.165, 1.54) is 0 Å². The third-order valence-corrected chi connectivity index (χ3v) is 4.51. The highest BCUT2D eigenvalue weighted by atomic mass is 35.5. The highest BCUT2D eigenvalue weighted by molar-refractivity contribution is 6.34. The third-order valence-electron chi connectivity index (χ3n) is 3.48. The lowest BCUT2D eigenvalue weighted by Crippen LogP contribution is -2.03. The van der Waals surface area contributed by atoms with Crippen molar-refractivity contribution in [2.24, 2.45) is 0 Å². The molecule has 0 spiro atoms. The number of carbonyl (C=O) groups excluding carboxylic acids is 1. The van der Waals surface area contributed by atoms with E-state index in [-0.39, 0.29) is 5.91 Å². The minimum Gasteiger partial charge on any atom is -0.325 e. The number of aryl methyl sites for hydroxylation is 1. The van der Waals surface area contributed by atoms with Gasteiger partial charge in [0.05, 0.1) is 11.8 Å². The molecule has 2 aromatic rings. The number of hydrogen-bond acceptors (Lipinski definition) is 1. The minimum absolute atomic E-state index is 0.0251. The average Bonchev–Trinajstić information content (AvgIpc) is 2.75. The van der Waals surface area contributed by atoms with Crippen LogP contribution in [0.4, 0.5) is 5.69 Å². The smallest absolute Gasteiger partial charge is 0.228 e. The molecule has 2 aromatic carbocycles. The second kappa shape index (κ2) is 5.53. The first-order valence-electron chi connectivity index (χ1n) is 6.47. The fourth-order valence-corrected chi connectivity index (χ4v) is 3.49. The normalized spacial score (nSPS) is 14.8. The van der Waals surface area contributed by atoms with E-state index < -0.39 is 5.38 Å². The molecule has 1 atom stereocenters. The zero-order valence-corrected chi connectivity index (χ0v) is 13.5. The Bertz CT molecular complexity index is 722. The van der Waals surface area contributed by atoms with Crippen molar-refractivity contribution < 1.29 is 4.79 Å². The number of anilines is 1. The van der Waals surface area contributed by atoms with Gasteiger partial charge < -0.3 is 5.32 Å². The predicted octanol–water partition coefficient (Wildman–Crippen LogP) is 5.12. The number of rotatable bonds is 2. The van der Waals surface area contributed by atoms with Crippen molar-refractivity contribution in [3.63, 3.8) is 0 Å². The fraction of sp³-hybridized carbons (Fsp3) is 0.188. The van der Waals surface area contributed by atoms with Crippen LogP contribution in [0.15, 0.2) is 30.3 Å². The summed E-state index contributed by atoms with van der Waals surface area (Å²) in [4.78, 5) is 11.4. The molecule has 0 aromatic heterocycles. The van der Waals surface area contributed by atoms with E-state index in [4.69, 9.17) is 34.8 Å². The summed E-state index contributed by atoms with van der Waals surface area (Å²) in [6.45, 7) is 1.96. The Labute approximate surface area is 138 Å². The largest absolute Gasteiger partial charge is 0.325 e. The summed E-state index contributed by atoms with van der Waals surface area (Å²) < 4.78 is 0. The van der Waals surface area contributed by atoms with Crippen molar-refractivity contribution in [1.29, 1.82) is 0 Å². The van der Waals surface area contributed by atoms with Crippen LogP contribution >= 0.6 is 34.8 Å². The maximum absolute atomic E-state index is 11.4. The number of hydrogen-bond donors (Lipinski definition) is 1. The minimum atomic E-state index is -0.407. The van der Waals surface area contributed by atoms with Crippen molar-refractivity contribution in [3.8, 4) is 0 Å². The van der Waals surface area contributed by atoms with Crippen LogP contribution in [-0.4, -0.2) is 5.91 Å². The second-order valence-corrected chi connectivity index (χ2v) is 6.46. The summed E-state index contributed by atoms with van der Waals surface area (Å²) in [6.07, 6.45) is 0.359. The molecule has 0 saturated heterocycles. The zero-order chi connectivity index (χ0) is 15.1. The molecule has 0 bridgehead atoms. The van der Waals surface area contributed by atoms with Crippen LogP contribution in [0.3, 0.4) is 0 Å². The second-order valence-electron chi connectivity index (χ2n) is 5.18. The number of amides is 1. The fourth-order valence-electron chi connectivity index (χ4n) is 2.55. The molecule has 1 aliphatic rings. The average molecular weight is 341 g/mol. The van der Waals surface area contributed by atoms with E-state index in [2.05, 4.69) is 5.32 Å². The Morgan fingerprint density at radius 2 is 1.90 bits per heavy atom. The van der Waals surface area contributed by atoms with Crippen LogP contribution < -0.4 is 5.32 Å². The first kappa shape index (κ1) is 14.7. The third kappa shape index (κ3) is 2.89. The van der Waals surface area contributed by atoms with E-state index in [1.54, 1.807) is 6.07 Å². The van der Waals surface area contributed by atoms with E-state index >= 15 is 0 Å². The monoisotopic (exact) mass is 339 g/mol. The molecular formula is C16H12Cl3NO. The predicted molar refractivity (Wildman–Crippen MR) is 87.7 cm³/mol. The molecule has 108 valence electrons. The van der Waals surface area contributed by atoms with Gasteiger partial charge in [0.2, 0.25) is 5.91 Å². The molecule has 0 aliphatic carbocycles. The van der Waals surface area contributed by atoms with Gasteiger partial charge in [0.1, 0.15) is 0 Å². The number of carbonyl (C=O) groups is 1. The van der Waals surface area contributed by atoms with Gasteiger partial charge in [-0.3, -0.25) is 4.79 Å². The molecule has 1 N–H and O–H groups in total. The molecule has 21 heavy (non-hydrogen) atoms. The highest BCUT2D eigenvalue weighted by Crippen LogP contribution is 2.39. The van der Waals surface area contributed by atoms with E-state index in [1.807, 2.05) is 31.2 Å². The van der Waals surface area contributed by atoms with Crippen molar-refractivity contribution in [3.05, 3.63) is 62.6 Å². The zero-order valence-electron chi connectivity index (χ0n) is 11.2. The van der Waals surface area contributed by atoms with Crippen molar-refractivity contribution in [1.82, 2.24) is 0 Å². The van der Waals surface area contributed by atoms with E-state index in [0.717, 1.165) is 27.9 Å². The molecule has 2 nitrogen and oxygen atoms in total. The van der Waals surface area contributed by atoms with Crippen LogP contribution in [0.2, 0.25) is 10.0 Å². The van der Waals surface area contributed by atoms with Crippen LogP contribution in [0.25, 0.3) is 0 Å². The van der Waals surface area contributed by atoms with Gasteiger partial charge in [-0.1, -0.05) is 29.3 Å². The maximum Gasteiger partial charge on any atom is 0.228 e. The van der Waals surface area contributed by atoms with Crippen LogP contribution in [0, 0.1) is 6.92 Å². The molecule has 0 fully saturated rings. The van der Waals surface area contributed by atoms with Gasteiger partial charge in [0.15, 0.2) is 0 Å². The van der Waals surface area contributed by atoms with Crippen molar-refractivity contribution >= 4 is 46.4 Å². The van der Waals surface area contributed by atoms with Gasteiger partial charge in [0.25, 0.3) is 0 Å². The SMILES string of the molecule is Cc1cc(Cl)cc(C(Cl)c2cc3c(cc2Cl)NC(=O)C3)c1. The molecule has 1 unspecified atom stereocenters. The van der Waals surface area contributed by atoms with Gasteiger partial charge in [-0.15, -0.1) is 11.6 Å². The first-order valence-corrected chi connectivity index (χ1v) is 7.66. The molecule has 5 heteroatoms. The number of fused-ring (bicyclic) bond motifs is 1. The summed E-state index contributed by atoms with van der Waals surface area (Å²) in [5.74, 6) is -0.0251. The van der Waals surface area contributed by atoms with Gasteiger partial charge >= 0.3 is 0 Å². The van der Waals surface area contributed by atoms with E-state index in [0.29, 0.717) is 16.5 Å². The standard InChI is InChI=1S/C16H12Cl3NO/c1-8-2-10(4-11(17)3-8)16(19)12-5-9-6-15(21)20-14(9)7-13(12)18/h2-5,7,16H,6H2,1H3,(H,20,21). The van der Waals surface area contributed by atoms with Gasteiger partial charge in [-0.25, -0.2) is 0 Å². The van der Waals surface area contributed by atoms with Gasteiger partial charge in [-0.2, -0.15) is 0 Å². The first-order chi connectivity index (χ1) is 9.94. The van der Waals surface area contributed by atoms with Crippen molar-refractivity contribution in [2.75, 3.05) is 5.32 Å². The molecular weight excluding hydrogens is 329 g/mol. The summed E-state index contributed by atoms with van der Waals surface area (Å²) in [5, 5.41) is 3.55. The Balaban J connectivity index is 2.04. The molecule has 3 rings (SSSR count). The topological polar surface area (TPSA) is 29.1 Å². The molecule has 0 saturated carbocycles. The number of benzene rings is 2. The Kier molecular flexibility index (Phi) is 3.87. The lowest BCUT2D eigenvalue weighted by atomic mass is 9.99. The number of alkyl halides is 1. The van der Waals surface area contributed by atoms with Crippen molar-refractivity contribution in [2.45, 2.75) is 18.7 Å². The Hall–Kier alpha value is -1.22. The van der Waals surface area contributed by atoms with Crippen LogP contribution in [0.5, 0.6) is 0 Å². The van der Waals surface area contributed by atoms with Gasteiger partial charge in [-0.05, 0) is 53.4 Å². The summed E-state index contributed by atoms with van der Waals surface area (Å²) in [7, 11) is 0. The van der Waals surface area contributed by atoms with Crippen LogP contribution in [-0.2, 0) is 11.2 Å². The Morgan fingerprint density at radius 1 is 1.14 bits per heavy atom. The number of halogens is 3. The molecule has 1 aliphatic heterocycles. The molecule has 1 heterocycles. The van der Waals surface area contributed by atoms with E-state index in [9.17, 15) is 4.79 Å². The highest BCUT2D eigenvalue weighted by Gasteiger charge is 2.23. The maximum atomic E-state index is 11.4. The Morgan fingerprint density at radius 3 is 2.62 bits per heavy atom. The summed E-state index contributed by atoms with van der Waals surface area (Å²) in [5.41, 5.74) is 4.40. The van der Waals surface area contributed by atoms with Gasteiger partial charge in [0, 0.05) is 15.7 Å². The number of nitrogens with one attached hydrogen (secondary N) is 1. The summed E-state index contributed by atoms with van der Waals surface area (Å²) in [6, 6.07) is 9.34. The molecule has 0 radical (unpaired) electrons. The summed E-state index contributed by atoms with van der Waals surface area (Å²) >= 11 is 19.0. The van der Waals surface area contributed by atoms with Crippen LogP contribution in [0.1, 0.15) is 27.6 Å². The molecule has 1 amide bonds. The lowest BCUT2D eigenvalue weighted by molar-refractivity contribution is -0.115.